The summed E-state index contributed by atoms with van der Waals surface area (Å²) < 4.78 is 18.5. The number of rotatable bonds is 2. The van der Waals surface area contributed by atoms with Gasteiger partial charge in [-0.15, -0.1) is 0 Å². The second-order valence-electron chi connectivity index (χ2n) is 5.39. The highest BCUT2D eigenvalue weighted by Gasteiger charge is 2.26. The third-order valence-corrected chi connectivity index (χ3v) is 4.14. The fourth-order valence-corrected chi connectivity index (χ4v) is 3.04. The Kier molecular flexibility index (Phi) is 3.82. The molecule has 1 fully saturated rings. The third-order valence-electron chi connectivity index (χ3n) is 4.14. The van der Waals surface area contributed by atoms with Crippen molar-refractivity contribution in [3.8, 4) is 0 Å². The molecule has 4 nitrogen and oxygen atoms in total. The summed E-state index contributed by atoms with van der Waals surface area (Å²) in [6, 6.07) is 4.81. The molecule has 5 heteroatoms. The average Bonchev–Trinajstić information content (AvgIpc) is 2.90. The van der Waals surface area contributed by atoms with Gasteiger partial charge in [0.1, 0.15) is 5.82 Å². The molecule has 1 saturated heterocycles. The van der Waals surface area contributed by atoms with Crippen molar-refractivity contribution in [3.63, 3.8) is 0 Å². The molecule has 1 aliphatic heterocycles. The number of piperidine rings is 1. The number of hydrogen-bond donors (Lipinski definition) is 1. The molecule has 1 aromatic heterocycles. The Hall–Kier alpha value is -2.04. The third kappa shape index (κ3) is 2.73. The van der Waals surface area contributed by atoms with Crippen LogP contribution in [0.2, 0.25) is 0 Å². The minimum atomic E-state index is -0.235. The molecule has 2 aromatic rings. The number of aromatic nitrogens is 1. The Bertz CT molecular complexity index is 645. The summed E-state index contributed by atoms with van der Waals surface area (Å²) in [4.78, 5) is 16.6. The van der Waals surface area contributed by atoms with E-state index in [1.165, 1.54) is 6.07 Å². The molecule has 0 spiro atoms. The molecule has 112 valence electrons. The van der Waals surface area contributed by atoms with Gasteiger partial charge in [0.15, 0.2) is 0 Å². The van der Waals surface area contributed by atoms with Crippen LogP contribution >= 0.6 is 0 Å². The quantitative estimate of drug-likeness (QED) is 0.917. The molecule has 2 heterocycles. The van der Waals surface area contributed by atoms with E-state index in [2.05, 4.69) is 4.98 Å². The van der Waals surface area contributed by atoms with E-state index in [1.807, 2.05) is 13.1 Å². The smallest absolute Gasteiger partial charge is 0.409 e. The number of aromatic amines is 1. The van der Waals surface area contributed by atoms with Gasteiger partial charge in [0.2, 0.25) is 0 Å². The first-order chi connectivity index (χ1) is 10.2. The Morgan fingerprint density at radius 1 is 1.43 bits per heavy atom. The lowest BCUT2D eigenvalue weighted by atomic mass is 9.89. The van der Waals surface area contributed by atoms with Crippen molar-refractivity contribution in [3.05, 3.63) is 35.8 Å². The Morgan fingerprint density at radius 2 is 2.19 bits per heavy atom. The first-order valence-corrected chi connectivity index (χ1v) is 7.37. The maximum absolute atomic E-state index is 13.4. The molecule has 0 aliphatic carbocycles. The van der Waals surface area contributed by atoms with Gasteiger partial charge in [-0.05, 0) is 49.4 Å². The summed E-state index contributed by atoms with van der Waals surface area (Å²) in [7, 11) is 0. The zero-order chi connectivity index (χ0) is 14.8. The lowest BCUT2D eigenvalue weighted by Crippen LogP contribution is -2.38. The summed E-state index contributed by atoms with van der Waals surface area (Å²) in [6.45, 7) is 3.59. The van der Waals surface area contributed by atoms with Gasteiger partial charge < -0.3 is 14.6 Å². The molecule has 1 aliphatic rings. The van der Waals surface area contributed by atoms with Gasteiger partial charge >= 0.3 is 6.09 Å². The highest BCUT2D eigenvalue weighted by Crippen LogP contribution is 2.33. The molecular formula is C16H19FN2O2. The number of benzene rings is 1. The van der Waals surface area contributed by atoms with Crippen molar-refractivity contribution in [2.75, 3.05) is 19.7 Å². The monoisotopic (exact) mass is 290 g/mol. The summed E-state index contributed by atoms with van der Waals surface area (Å²) in [5.41, 5.74) is 2.10. The van der Waals surface area contributed by atoms with E-state index in [-0.39, 0.29) is 11.9 Å². The van der Waals surface area contributed by atoms with Crippen molar-refractivity contribution in [2.45, 2.75) is 25.7 Å². The van der Waals surface area contributed by atoms with Crippen LogP contribution in [0, 0.1) is 5.82 Å². The van der Waals surface area contributed by atoms with E-state index in [0.717, 1.165) is 29.3 Å². The lowest BCUT2D eigenvalue weighted by molar-refractivity contribution is 0.0971. The molecule has 0 radical (unpaired) electrons. The van der Waals surface area contributed by atoms with Gasteiger partial charge in [-0.25, -0.2) is 9.18 Å². The Morgan fingerprint density at radius 3 is 2.90 bits per heavy atom. The number of amides is 1. The number of nitrogens with zero attached hydrogens (tertiary/aromatic N) is 1. The van der Waals surface area contributed by atoms with Crippen LogP contribution in [0.15, 0.2) is 24.4 Å². The van der Waals surface area contributed by atoms with Crippen LogP contribution in [0.5, 0.6) is 0 Å². The van der Waals surface area contributed by atoms with Crippen molar-refractivity contribution in [1.29, 1.82) is 0 Å². The number of hydrogen-bond acceptors (Lipinski definition) is 2. The maximum Gasteiger partial charge on any atom is 0.409 e. The van der Waals surface area contributed by atoms with E-state index in [4.69, 9.17) is 4.74 Å². The number of nitrogens with one attached hydrogen (secondary N) is 1. The number of likely N-dealkylation sites (tertiary alicyclic amines) is 1. The van der Waals surface area contributed by atoms with Crippen LogP contribution in [0.1, 0.15) is 31.2 Å². The van der Waals surface area contributed by atoms with Crippen LogP contribution in [0.3, 0.4) is 0 Å². The second-order valence-corrected chi connectivity index (χ2v) is 5.39. The number of H-pyrrole nitrogens is 1. The molecule has 0 unspecified atom stereocenters. The van der Waals surface area contributed by atoms with Crippen molar-refractivity contribution in [2.24, 2.45) is 0 Å². The predicted octanol–water partition coefficient (Wildman–Crippen LogP) is 3.64. The standard InChI is InChI=1S/C16H19FN2O2/c1-2-21-16(20)19-7-5-11(6-8-19)14-10-18-15-4-3-12(17)9-13(14)15/h3-4,9-11,18H,2,5-8H2,1H3. The van der Waals surface area contributed by atoms with Crippen molar-refractivity contribution < 1.29 is 13.9 Å². The van der Waals surface area contributed by atoms with Gasteiger partial charge in [0, 0.05) is 30.2 Å². The van der Waals surface area contributed by atoms with E-state index >= 15 is 0 Å². The summed E-state index contributed by atoms with van der Waals surface area (Å²) in [5.74, 6) is 0.138. The molecule has 3 rings (SSSR count). The van der Waals surface area contributed by atoms with Crippen LogP contribution in [-0.4, -0.2) is 35.7 Å². The van der Waals surface area contributed by atoms with E-state index in [0.29, 0.717) is 25.6 Å². The first-order valence-electron chi connectivity index (χ1n) is 7.37. The first kappa shape index (κ1) is 13.9. The molecular weight excluding hydrogens is 271 g/mol. The van der Waals surface area contributed by atoms with Crippen LogP contribution < -0.4 is 0 Å². The minimum absolute atomic E-state index is 0.215. The zero-order valence-corrected chi connectivity index (χ0v) is 12.1. The van der Waals surface area contributed by atoms with Crippen LogP contribution in [0.4, 0.5) is 9.18 Å². The largest absolute Gasteiger partial charge is 0.450 e. The van der Waals surface area contributed by atoms with Gasteiger partial charge in [0.25, 0.3) is 0 Å². The topological polar surface area (TPSA) is 45.3 Å². The molecule has 0 saturated carbocycles. The van der Waals surface area contributed by atoms with Crippen molar-refractivity contribution in [1.82, 2.24) is 9.88 Å². The number of carbonyl (C=O) groups excluding carboxylic acids is 1. The number of ether oxygens (including phenoxy) is 1. The molecule has 0 bridgehead atoms. The van der Waals surface area contributed by atoms with Crippen LogP contribution in [-0.2, 0) is 4.74 Å². The van der Waals surface area contributed by atoms with E-state index < -0.39 is 0 Å². The van der Waals surface area contributed by atoms with Gasteiger partial charge in [0.05, 0.1) is 6.61 Å². The normalized spacial score (nSPS) is 16.4. The molecule has 1 aromatic carbocycles. The van der Waals surface area contributed by atoms with Crippen molar-refractivity contribution >= 4 is 17.0 Å². The van der Waals surface area contributed by atoms with Crippen LogP contribution in [0.25, 0.3) is 10.9 Å². The summed E-state index contributed by atoms with van der Waals surface area (Å²) in [5, 5.41) is 0.949. The highest BCUT2D eigenvalue weighted by molar-refractivity contribution is 5.83. The predicted molar refractivity (Wildman–Crippen MR) is 78.8 cm³/mol. The molecule has 0 atom stereocenters. The van der Waals surface area contributed by atoms with E-state index in [1.54, 1.807) is 17.0 Å². The van der Waals surface area contributed by atoms with E-state index in [9.17, 15) is 9.18 Å². The number of carbonyl (C=O) groups is 1. The van der Waals surface area contributed by atoms with Gasteiger partial charge in [-0.1, -0.05) is 0 Å². The number of halogens is 1. The maximum atomic E-state index is 13.4. The molecule has 1 N–H and O–H groups in total. The molecule has 1 amide bonds. The van der Waals surface area contributed by atoms with Gasteiger partial charge in [-0.2, -0.15) is 0 Å². The zero-order valence-electron chi connectivity index (χ0n) is 12.1. The number of fused-ring (bicyclic) bond motifs is 1. The summed E-state index contributed by atoms with van der Waals surface area (Å²) in [6.07, 6.45) is 3.49. The Labute approximate surface area is 122 Å². The average molecular weight is 290 g/mol. The fraction of sp³-hybridized carbons (Fsp3) is 0.438. The summed E-state index contributed by atoms with van der Waals surface area (Å²) >= 11 is 0. The SMILES string of the molecule is CCOC(=O)N1CCC(c2c[nH]c3ccc(F)cc23)CC1. The second kappa shape index (κ2) is 5.76. The minimum Gasteiger partial charge on any atom is -0.450 e. The lowest BCUT2D eigenvalue weighted by Gasteiger charge is -2.31. The Balaban J connectivity index is 1.74. The highest BCUT2D eigenvalue weighted by atomic mass is 19.1. The molecule has 21 heavy (non-hydrogen) atoms. The van der Waals surface area contributed by atoms with Gasteiger partial charge in [-0.3, -0.25) is 0 Å². The fourth-order valence-electron chi connectivity index (χ4n) is 3.04.